The molecule has 1 aliphatic rings. The van der Waals surface area contributed by atoms with Gasteiger partial charge in [-0.15, -0.1) is 46.2 Å². The van der Waals surface area contributed by atoms with E-state index in [1.807, 2.05) is 12.2 Å². The van der Waals surface area contributed by atoms with E-state index >= 15 is 0 Å². The molecule has 0 amide bonds. The van der Waals surface area contributed by atoms with Crippen LogP contribution in [0.5, 0.6) is 0 Å². The molecule has 5 aromatic carbocycles. The second-order valence-corrected chi connectivity index (χ2v) is 17.7. The van der Waals surface area contributed by atoms with Crippen LogP contribution in [0, 0.1) is 13.2 Å². The Balaban J connectivity index is 0.000000270. The Morgan fingerprint density at radius 1 is 0.696 bits per heavy atom. The van der Waals surface area contributed by atoms with Crippen molar-refractivity contribution in [1.82, 2.24) is 0 Å². The molecule has 0 heterocycles. The zero-order valence-corrected chi connectivity index (χ0v) is 35.8. The third-order valence-electron chi connectivity index (χ3n) is 7.64. The molecule has 240 valence electrons. The zero-order valence-electron chi connectivity index (χ0n) is 27.5. The Labute approximate surface area is 331 Å². The van der Waals surface area contributed by atoms with E-state index in [0.717, 1.165) is 19.3 Å². The minimum absolute atomic E-state index is 0. The minimum atomic E-state index is 0. The first kappa shape index (κ1) is 41.2. The van der Waals surface area contributed by atoms with E-state index < -0.39 is 0 Å². The van der Waals surface area contributed by atoms with Gasteiger partial charge in [-0.2, -0.15) is 6.08 Å². The third-order valence-corrected chi connectivity index (χ3v) is 9.85. The summed E-state index contributed by atoms with van der Waals surface area (Å²) in [5, 5.41) is 5.49. The molecule has 0 saturated carbocycles. The van der Waals surface area contributed by atoms with Gasteiger partial charge in [0.15, 0.2) is 0 Å². The van der Waals surface area contributed by atoms with Crippen molar-refractivity contribution in [2.24, 2.45) is 0 Å². The van der Waals surface area contributed by atoms with Gasteiger partial charge in [-0.25, -0.2) is 12.2 Å². The fraction of sp³-hybridized carbons (Fsp3) is 0.268. The van der Waals surface area contributed by atoms with Crippen LogP contribution in [-0.4, -0.2) is 3.21 Å². The van der Waals surface area contributed by atoms with Crippen molar-refractivity contribution >= 4 is 69.9 Å². The van der Waals surface area contributed by atoms with Crippen LogP contribution in [-0.2, 0) is 47.9 Å². The molecule has 0 unspecified atom stereocenters. The van der Waals surface area contributed by atoms with Crippen molar-refractivity contribution in [3.8, 4) is 0 Å². The van der Waals surface area contributed by atoms with Gasteiger partial charge >= 0.3 is 152 Å². The van der Waals surface area contributed by atoms with Crippen molar-refractivity contribution in [1.29, 1.82) is 0 Å². The number of halogens is 4. The zero-order chi connectivity index (χ0) is 31.9. The van der Waals surface area contributed by atoms with E-state index in [-0.39, 0.29) is 35.6 Å². The van der Waals surface area contributed by atoms with Crippen molar-refractivity contribution in [3.05, 3.63) is 145 Å². The molecular weight excluding hydrogens is 908 g/mol. The predicted molar refractivity (Wildman–Crippen MR) is 207 cm³/mol. The van der Waals surface area contributed by atoms with Gasteiger partial charge in [-0.3, -0.25) is 6.08 Å². The van der Waals surface area contributed by atoms with Crippen LogP contribution >= 0.6 is 45.2 Å². The van der Waals surface area contributed by atoms with Crippen LogP contribution in [0.15, 0.2) is 109 Å². The fourth-order valence-electron chi connectivity index (χ4n) is 5.12. The number of hydrogen-bond donors (Lipinski definition) is 0. The van der Waals surface area contributed by atoms with Crippen LogP contribution in [0.3, 0.4) is 0 Å². The molecule has 0 radical (unpaired) electrons. The Morgan fingerprint density at radius 2 is 1.15 bits per heavy atom. The molecule has 0 aliphatic heterocycles. The van der Waals surface area contributed by atoms with Gasteiger partial charge in [0.1, 0.15) is 0 Å². The number of hydrogen-bond acceptors (Lipinski definition) is 0. The average molecular weight is 951 g/mol. The molecular formula is C41H42Cl2I2Zr-2. The summed E-state index contributed by atoms with van der Waals surface area (Å²) in [4.78, 5) is 0. The van der Waals surface area contributed by atoms with Gasteiger partial charge < -0.3 is 24.8 Å². The summed E-state index contributed by atoms with van der Waals surface area (Å²) in [6.07, 6.45) is 12.2. The number of rotatable bonds is 4. The van der Waals surface area contributed by atoms with Gasteiger partial charge in [-0.1, -0.05) is 76.9 Å². The molecule has 1 aliphatic carbocycles. The summed E-state index contributed by atoms with van der Waals surface area (Å²) >= 11 is 6.30. The molecule has 0 atom stereocenters. The first-order valence-electron chi connectivity index (χ1n) is 15.2. The molecule has 0 saturated heterocycles. The Bertz CT molecular complexity index is 1670. The van der Waals surface area contributed by atoms with E-state index in [2.05, 4.69) is 190 Å². The third kappa shape index (κ3) is 12.5. The van der Waals surface area contributed by atoms with Crippen molar-refractivity contribution in [2.75, 3.05) is 0 Å². The fourth-order valence-corrected chi connectivity index (χ4v) is 7.34. The summed E-state index contributed by atoms with van der Waals surface area (Å²) < 4.78 is 4.25. The summed E-state index contributed by atoms with van der Waals surface area (Å²) in [7, 11) is 0. The monoisotopic (exact) mass is 948 g/mol. The number of benzene rings is 4. The summed E-state index contributed by atoms with van der Waals surface area (Å²) in [5.74, 6) is 0. The standard InChI is InChI=1S/C21H25.C15H12I2.C5H5.2ClH.Zr/c1-20(2,3)16-9-7-14-11-15-8-10-17(21(4,5)6)13-19(15)18(14)12-16;16-14-8-2-6-12(10-14)4-1-5-13-7-3-9-15(17)11-13;1-2-4-5-3-1;;;/h7-13H,1-6H3;2-3,6-11H,4-5H2;1-3H,4H2;2*1H;/q-1;;-1;;;+2/p-2. The van der Waals surface area contributed by atoms with Gasteiger partial charge in [0.05, 0.1) is 0 Å². The van der Waals surface area contributed by atoms with Gasteiger partial charge in [0.25, 0.3) is 0 Å². The van der Waals surface area contributed by atoms with Crippen molar-refractivity contribution in [3.63, 3.8) is 0 Å². The first-order valence-corrected chi connectivity index (χ1v) is 18.6. The molecule has 0 aromatic heterocycles. The van der Waals surface area contributed by atoms with E-state index in [1.165, 1.54) is 50.9 Å². The topological polar surface area (TPSA) is 0 Å². The maximum absolute atomic E-state index is 2.99. The average Bonchev–Trinajstić information content (AvgIpc) is 3.64. The number of allylic oxidation sites excluding steroid dienone is 4. The van der Waals surface area contributed by atoms with Gasteiger partial charge in [0.2, 0.25) is 0 Å². The van der Waals surface area contributed by atoms with Gasteiger partial charge in [0, 0.05) is 0 Å². The molecule has 0 fully saturated rings. The van der Waals surface area contributed by atoms with Crippen LogP contribution < -0.4 is 24.8 Å². The number of fused-ring (bicyclic) bond motifs is 3. The predicted octanol–water partition coefficient (Wildman–Crippen LogP) is 6.02. The SMILES string of the molecule is CC(C)(C)c1ccc2[cH-]c3ccc(C(C)(C)C)cc3c2c1.[C-]1=CC=CC1.[Cl-].[Cl-].[Zr+2]=[C](Cc1cccc(I)c1)Cc1cccc(I)c1. The van der Waals surface area contributed by atoms with Crippen LogP contribution in [0.4, 0.5) is 0 Å². The molecule has 0 bridgehead atoms. The molecule has 0 N–H and O–H groups in total. The second kappa shape index (κ2) is 18.7. The van der Waals surface area contributed by atoms with E-state index in [4.69, 9.17) is 0 Å². The van der Waals surface area contributed by atoms with Gasteiger partial charge in [-0.05, 0) is 10.8 Å². The molecule has 5 aromatic rings. The Kier molecular flexibility index (Phi) is 16.7. The van der Waals surface area contributed by atoms with Crippen LogP contribution in [0.1, 0.15) is 70.2 Å². The summed E-state index contributed by atoms with van der Waals surface area (Å²) in [6, 6.07) is 33.7. The van der Waals surface area contributed by atoms with Crippen LogP contribution in [0.25, 0.3) is 21.5 Å². The van der Waals surface area contributed by atoms with Crippen molar-refractivity contribution in [2.45, 2.75) is 71.6 Å². The maximum atomic E-state index is 2.99. The van der Waals surface area contributed by atoms with E-state index in [1.54, 1.807) is 27.4 Å². The summed E-state index contributed by atoms with van der Waals surface area (Å²) in [6.45, 7) is 13.7. The quantitative estimate of drug-likeness (QED) is 0.153. The normalized spacial score (nSPS) is 12.0. The van der Waals surface area contributed by atoms with Crippen LogP contribution in [0.2, 0.25) is 0 Å². The molecule has 0 spiro atoms. The Morgan fingerprint density at radius 3 is 1.48 bits per heavy atom. The Hall–Kier alpha value is -0.977. The molecule has 5 heteroatoms. The first-order chi connectivity index (χ1) is 20.8. The second-order valence-electron chi connectivity index (χ2n) is 13.5. The van der Waals surface area contributed by atoms with Crippen molar-refractivity contribution < 1.29 is 49.0 Å². The summed E-state index contributed by atoms with van der Waals surface area (Å²) in [5.41, 5.74) is 6.06. The molecule has 0 nitrogen and oxygen atoms in total. The van der Waals surface area contributed by atoms with E-state index in [0.29, 0.717) is 0 Å². The van der Waals surface area contributed by atoms with E-state index in [9.17, 15) is 0 Å². The molecule has 46 heavy (non-hydrogen) atoms. The molecule has 6 rings (SSSR count).